The minimum atomic E-state index is -4.16. The molecule has 1 aromatic rings. The summed E-state index contributed by atoms with van der Waals surface area (Å²) in [5.41, 5.74) is 2.20. The maximum Gasteiger partial charge on any atom is 0.392 e. The van der Waals surface area contributed by atoms with Crippen LogP contribution in [-0.4, -0.2) is 19.8 Å². The quantitative estimate of drug-likeness (QED) is 0.904. The van der Waals surface area contributed by atoms with Gasteiger partial charge in [-0.3, -0.25) is 0 Å². The molecule has 19 heavy (non-hydrogen) atoms. The van der Waals surface area contributed by atoms with Gasteiger partial charge < -0.3 is 10.1 Å². The molecule has 1 atom stereocenters. The maximum atomic E-state index is 12.1. The lowest BCUT2D eigenvalue weighted by Crippen LogP contribution is -2.22. The maximum absolute atomic E-state index is 12.1. The summed E-state index contributed by atoms with van der Waals surface area (Å²) in [7, 11) is 1.90. The lowest BCUT2D eigenvalue weighted by atomic mass is 9.87. The third kappa shape index (κ3) is 3.62. The first kappa shape index (κ1) is 14.2. The summed E-state index contributed by atoms with van der Waals surface area (Å²) in [5, 5.41) is 3.23. The van der Waals surface area contributed by atoms with Crippen molar-refractivity contribution in [2.45, 2.75) is 37.9 Å². The molecule has 0 aliphatic heterocycles. The predicted molar refractivity (Wildman–Crippen MR) is 67.3 cm³/mol. The van der Waals surface area contributed by atoms with Gasteiger partial charge in [-0.2, -0.15) is 13.2 Å². The Morgan fingerprint density at radius 1 is 1.37 bits per heavy atom. The zero-order chi connectivity index (χ0) is 13.9. The summed E-state index contributed by atoms with van der Waals surface area (Å²) in [6.07, 6.45) is -2.13. The van der Waals surface area contributed by atoms with Crippen LogP contribution in [0.25, 0.3) is 0 Å². The summed E-state index contributed by atoms with van der Waals surface area (Å²) in [4.78, 5) is 0. The van der Waals surface area contributed by atoms with Crippen LogP contribution in [0.3, 0.4) is 0 Å². The molecule has 0 amide bonds. The van der Waals surface area contributed by atoms with Gasteiger partial charge in [-0.05, 0) is 43.5 Å². The van der Waals surface area contributed by atoms with E-state index in [1.807, 2.05) is 19.2 Å². The molecule has 2 nitrogen and oxygen atoms in total. The number of rotatable bonds is 4. The Balaban J connectivity index is 2.09. The van der Waals surface area contributed by atoms with Crippen LogP contribution >= 0.6 is 0 Å². The third-order valence-electron chi connectivity index (χ3n) is 3.46. The molecule has 106 valence electrons. The van der Waals surface area contributed by atoms with Gasteiger partial charge in [-0.15, -0.1) is 0 Å². The summed E-state index contributed by atoms with van der Waals surface area (Å²) in [5.74, 6) is 0.599. The van der Waals surface area contributed by atoms with E-state index in [1.54, 1.807) is 6.07 Å². The minimum absolute atomic E-state index is 0.273. The molecular weight excluding hydrogens is 255 g/mol. The SMILES string of the molecule is CNC1CCCc2c(OCCC(F)(F)F)cccc21. The second kappa shape index (κ2) is 5.82. The molecule has 0 fully saturated rings. The van der Waals surface area contributed by atoms with Gasteiger partial charge in [-0.1, -0.05) is 12.1 Å². The van der Waals surface area contributed by atoms with Crippen molar-refractivity contribution in [3.8, 4) is 5.75 Å². The number of nitrogens with one attached hydrogen (secondary N) is 1. The van der Waals surface area contributed by atoms with Crippen LogP contribution in [-0.2, 0) is 6.42 Å². The van der Waals surface area contributed by atoms with Crippen molar-refractivity contribution in [3.63, 3.8) is 0 Å². The number of ether oxygens (including phenoxy) is 1. The van der Waals surface area contributed by atoms with Gasteiger partial charge in [0.1, 0.15) is 5.75 Å². The number of halogens is 3. The van der Waals surface area contributed by atoms with Crippen molar-refractivity contribution in [1.29, 1.82) is 0 Å². The van der Waals surface area contributed by atoms with Gasteiger partial charge in [0.2, 0.25) is 0 Å². The van der Waals surface area contributed by atoms with E-state index < -0.39 is 12.6 Å². The highest BCUT2D eigenvalue weighted by Crippen LogP contribution is 2.35. The normalized spacial score (nSPS) is 19.1. The van der Waals surface area contributed by atoms with Crippen LogP contribution in [0.15, 0.2) is 18.2 Å². The minimum Gasteiger partial charge on any atom is -0.493 e. The Morgan fingerprint density at radius 3 is 2.84 bits per heavy atom. The molecule has 0 aromatic heterocycles. The smallest absolute Gasteiger partial charge is 0.392 e. The van der Waals surface area contributed by atoms with E-state index in [0.29, 0.717) is 5.75 Å². The topological polar surface area (TPSA) is 21.3 Å². The van der Waals surface area contributed by atoms with Crippen molar-refractivity contribution in [1.82, 2.24) is 5.32 Å². The Labute approximate surface area is 111 Å². The third-order valence-corrected chi connectivity index (χ3v) is 3.46. The van der Waals surface area contributed by atoms with Crippen LogP contribution < -0.4 is 10.1 Å². The standard InChI is InChI=1S/C14H18F3NO/c1-18-12-6-2-5-11-10(12)4-3-7-13(11)19-9-8-14(15,16)17/h3-4,7,12,18H,2,5-6,8-9H2,1H3. The van der Waals surface area contributed by atoms with Crippen LogP contribution in [0.5, 0.6) is 5.75 Å². The first-order chi connectivity index (χ1) is 9.01. The average Bonchev–Trinajstić information content (AvgIpc) is 2.37. The second-order valence-corrected chi connectivity index (χ2v) is 4.77. The van der Waals surface area contributed by atoms with Crippen LogP contribution in [0.4, 0.5) is 13.2 Å². The van der Waals surface area contributed by atoms with E-state index in [-0.39, 0.29) is 12.6 Å². The van der Waals surface area contributed by atoms with E-state index in [4.69, 9.17) is 4.74 Å². The monoisotopic (exact) mass is 273 g/mol. The fourth-order valence-electron chi connectivity index (χ4n) is 2.53. The van der Waals surface area contributed by atoms with Crippen molar-refractivity contribution in [2.75, 3.05) is 13.7 Å². The number of alkyl halides is 3. The number of benzene rings is 1. The Morgan fingerprint density at radius 2 is 2.16 bits per heavy atom. The van der Waals surface area contributed by atoms with E-state index >= 15 is 0 Å². The highest BCUT2D eigenvalue weighted by molar-refractivity contribution is 5.43. The zero-order valence-corrected chi connectivity index (χ0v) is 10.9. The van der Waals surface area contributed by atoms with Crippen LogP contribution in [0.2, 0.25) is 0 Å². The zero-order valence-electron chi connectivity index (χ0n) is 10.9. The molecule has 0 bridgehead atoms. The molecule has 0 spiro atoms. The fourth-order valence-corrected chi connectivity index (χ4v) is 2.53. The van der Waals surface area contributed by atoms with Gasteiger partial charge in [0, 0.05) is 6.04 Å². The molecule has 0 saturated carbocycles. The Kier molecular flexibility index (Phi) is 4.34. The molecule has 1 aliphatic carbocycles. The van der Waals surface area contributed by atoms with Crippen molar-refractivity contribution in [2.24, 2.45) is 0 Å². The lowest BCUT2D eigenvalue weighted by molar-refractivity contribution is -0.139. The summed E-state index contributed by atoms with van der Waals surface area (Å²) in [6, 6.07) is 5.90. The van der Waals surface area contributed by atoms with Crippen molar-refractivity contribution < 1.29 is 17.9 Å². The molecule has 1 aliphatic rings. The molecule has 2 rings (SSSR count). The molecule has 1 N–H and O–H groups in total. The summed E-state index contributed by atoms with van der Waals surface area (Å²) >= 11 is 0. The Hall–Kier alpha value is -1.23. The first-order valence-corrected chi connectivity index (χ1v) is 6.50. The Bertz CT molecular complexity index is 431. The summed E-state index contributed by atoms with van der Waals surface area (Å²) < 4.78 is 41.7. The van der Waals surface area contributed by atoms with Gasteiger partial charge >= 0.3 is 6.18 Å². The molecule has 0 heterocycles. The van der Waals surface area contributed by atoms with E-state index in [9.17, 15) is 13.2 Å². The molecule has 1 unspecified atom stereocenters. The van der Waals surface area contributed by atoms with Gasteiger partial charge in [0.05, 0.1) is 13.0 Å². The number of fused-ring (bicyclic) bond motifs is 1. The van der Waals surface area contributed by atoms with Crippen LogP contribution in [0.1, 0.15) is 36.4 Å². The van der Waals surface area contributed by atoms with Gasteiger partial charge in [0.25, 0.3) is 0 Å². The molecule has 1 aromatic carbocycles. The van der Waals surface area contributed by atoms with E-state index in [1.165, 1.54) is 0 Å². The van der Waals surface area contributed by atoms with E-state index in [2.05, 4.69) is 5.32 Å². The van der Waals surface area contributed by atoms with Crippen LogP contribution in [0, 0.1) is 0 Å². The second-order valence-electron chi connectivity index (χ2n) is 4.77. The molecule has 5 heteroatoms. The molecular formula is C14H18F3NO. The molecule has 0 radical (unpaired) electrons. The average molecular weight is 273 g/mol. The van der Waals surface area contributed by atoms with Gasteiger partial charge in [-0.25, -0.2) is 0 Å². The first-order valence-electron chi connectivity index (χ1n) is 6.50. The predicted octanol–water partition coefficient (Wildman–Crippen LogP) is 3.61. The number of hydrogen-bond donors (Lipinski definition) is 1. The fraction of sp³-hybridized carbons (Fsp3) is 0.571. The van der Waals surface area contributed by atoms with E-state index in [0.717, 1.165) is 30.4 Å². The summed E-state index contributed by atoms with van der Waals surface area (Å²) in [6.45, 7) is -0.315. The largest absolute Gasteiger partial charge is 0.493 e. The molecule has 0 saturated heterocycles. The highest BCUT2D eigenvalue weighted by Gasteiger charge is 2.27. The lowest BCUT2D eigenvalue weighted by Gasteiger charge is -2.27. The number of hydrogen-bond acceptors (Lipinski definition) is 2. The van der Waals surface area contributed by atoms with Gasteiger partial charge in [0.15, 0.2) is 0 Å². The highest BCUT2D eigenvalue weighted by atomic mass is 19.4. The van der Waals surface area contributed by atoms with Crippen molar-refractivity contribution in [3.05, 3.63) is 29.3 Å². The van der Waals surface area contributed by atoms with Crippen molar-refractivity contribution >= 4 is 0 Å².